The third kappa shape index (κ3) is 6.60. The molecule has 0 aromatic heterocycles. The van der Waals surface area contributed by atoms with Crippen LogP contribution in [0.5, 0.6) is 0 Å². The molecule has 2 unspecified atom stereocenters. The highest BCUT2D eigenvalue weighted by molar-refractivity contribution is 5.77. The van der Waals surface area contributed by atoms with Crippen LogP contribution >= 0.6 is 0 Å². The molecule has 0 heterocycles. The van der Waals surface area contributed by atoms with Crippen molar-refractivity contribution in [3.05, 3.63) is 35.4 Å². The van der Waals surface area contributed by atoms with Crippen LogP contribution in [0.25, 0.3) is 0 Å². The van der Waals surface area contributed by atoms with Crippen LogP contribution in [0.15, 0.2) is 24.3 Å². The summed E-state index contributed by atoms with van der Waals surface area (Å²) in [5.41, 5.74) is 2.12. The summed E-state index contributed by atoms with van der Waals surface area (Å²) in [7, 11) is 0. The van der Waals surface area contributed by atoms with Gasteiger partial charge in [-0.3, -0.25) is 4.79 Å². The van der Waals surface area contributed by atoms with E-state index in [0.717, 1.165) is 12.0 Å². The first-order chi connectivity index (χ1) is 11.4. The third-order valence-electron chi connectivity index (χ3n) is 3.55. The number of carbonyl (C=O) groups excluding carboxylic acids is 2. The molecular formula is C19H28O5. The van der Waals surface area contributed by atoms with Crippen LogP contribution in [-0.2, 0) is 25.4 Å². The molecule has 1 aromatic carbocycles. The number of hydrogen-bond donors (Lipinski definition) is 0. The average molecular weight is 336 g/mol. The standard InChI is InChI=1S/C19H28O5/c1-6-17(24-19(21)22-7-2)23-18(20)14(5)16-10-8-15(9-11-16)12-13(3)4/h8-11,13-14,17H,6-7,12H2,1-5H3. The minimum Gasteiger partial charge on any atom is -0.435 e. The van der Waals surface area contributed by atoms with Gasteiger partial charge in [-0.15, -0.1) is 0 Å². The summed E-state index contributed by atoms with van der Waals surface area (Å²) in [6, 6.07) is 7.95. The monoisotopic (exact) mass is 336 g/mol. The zero-order valence-corrected chi connectivity index (χ0v) is 15.2. The third-order valence-corrected chi connectivity index (χ3v) is 3.55. The minimum atomic E-state index is -0.931. The lowest BCUT2D eigenvalue weighted by atomic mass is 9.97. The summed E-state index contributed by atoms with van der Waals surface area (Å²) in [6.45, 7) is 9.77. The molecule has 5 heteroatoms. The van der Waals surface area contributed by atoms with Gasteiger partial charge < -0.3 is 14.2 Å². The van der Waals surface area contributed by atoms with Crippen molar-refractivity contribution >= 4 is 12.1 Å². The number of esters is 1. The van der Waals surface area contributed by atoms with Gasteiger partial charge in [-0.25, -0.2) is 4.79 Å². The maximum atomic E-state index is 12.3. The van der Waals surface area contributed by atoms with Crippen molar-refractivity contribution in [2.24, 2.45) is 5.92 Å². The lowest BCUT2D eigenvalue weighted by molar-refractivity contribution is -0.173. The van der Waals surface area contributed by atoms with Crippen LogP contribution in [-0.4, -0.2) is 25.0 Å². The first-order valence-corrected chi connectivity index (χ1v) is 8.50. The van der Waals surface area contributed by atoms with E-state index in [1.807, 2.05) is 24.3 Å². The molecule has 0 aliphatic carbocycles. The van der Waals surface area contributed by atoms with Gasteiger partial charge in [-0.05, 0) is 37.3 Å². The van der Waals surface area contributed by atoms with Gasteiger partial charge in [0, 0.05) is 6.42 Å². The van der Waals surface area contributed by atoms with E-state index >= 15 is 0 Å². The fraction of sp³-hybridized carbons (Fsp3) is 0.579. The van der Waals surface area contributed by atoms with Crippen molar-refractivity contribution in [2.75, 3.05) is 6.61 Å². The normalized spacial score (nSPS) is 13.2. The second-order valence-electron chi connectivity index (χ2n) is 6.14. The first-order valence-electron chi connectivity index (χ1n) is 8.50. The molecule has 0 saturated heterocycles. The summed E-state index contributed by atoms with van der Waals surface area (Å²) in [4.78, 5) is 23.6. The molecule has 2 atom stereocenters. The predicted octanol–water partition coefficient (Wildman–Crippen LogP) is 4.44. The van der Waals surface area contributed by atoms with Crippen molar-refractivity contribution in [1.29, 1.82) is 0 Å². The fourth-order valence-corrected chi connectivity index (χ4v) is 2.23. The summed E-state index contributed by atoms with van der Waals surface area (Å²) in [5.74, 6) is -0.274. The molecule has 1 aromatic rings. The van der Waals surface area contributed by atoms with E-state index in [-0.39, 0.29) is 6.61 Å². The van der Waals surface area contributed by atoms with E-state index in [4.69, 9.17) is 14.2 Å². The Morgan fingerprint density at radius 2 is 1.62 bits per heavy atom. The van der Waals surface area contributed by atoms with E-state index in [2.05, 4.69) is 13.8 Å². The molecule has 0 N–H and O–H groups in total. The first kappa shape index (κ1) is 20.0. The number of hydrogen-bond acceptors (Lipinski definition) is 5. The smallest absolute Gasteiger partial charge is 0.435 e. The maximum absolute atomic E-state index is 12.3. The number of ether oxygens (including phenoxy) is 3. The van der Waals surface area contributed by atoms with Crippen molar-refractivity contribution in [3.63, 3.8) is 0 Å². The van der Waals surface area contributed by atoms with Gasteiger partial charge in [0.05, 0.1) is 12.5 Å². The largest absolute Gasteiger partial charge is 0.511 e. The van der Waals surface area contributed by atoms with E-state index in [1.165, 1.54) is 5.56 Å². The number of rotatable bonds is 8. The van der Waals surface area contributed by atoms with E-state index in [9.17, 15) is 9.59 Å². The van der Waals surface area contributed by atoms with Crippen molar-refractivity contribution in [2.45, 2.75) is 59.7 Å². The maximum Gasteiger partial charge on any atom is 0.511 e. The van der Waals surface area contributed by atoms with Gasteiger partial charge in [0.2, 0.25) is 0 Å². The number of carbonyl (C=O) groups is 2. The molecule has 0 spiro atoms. The van der Waals surface area contributed by atoms with Crippen LogP contribution in [0.3, 0.4) is 0 Å². The molecule has 0 fully saturated rings. The Balaban J connectivity index is 2.63. The number of benzene rings is 1. The topological polar surface area (TPSA) is 61.8 Å². The molecule has 0 bridgehead atoms. The molecule has 134 valence electrons. The molecule has 1 rings (SSSR count). The van der Waals surface area contributed by atoms with Gasteiger partial charge in [0.25, 0.3) is 6.29 Å². The summed E-state index contributed by atoms with van der Waals surface area (Å²) in [6.07, 6.45) is -0.392. The van der Waals surface area contributed by atoms with Crippen LogP contribution in [0.2, 0.25) is 0 Å². The highest BCUT2D eigenvalue weighted by Gasteiger charge is 2.23. The Kier molecular flexibility index (Phi) is 8.30. The Bertz CT molecular complexity index is 521. The summed E-state index contributed by atoms with van der Waals surface area (Å²) < 4.78 is 14.9. The summed E-state index contributed by atoms with van der Waals surface area (Å²) in [5, 5.41) is 0. The Morgan fingerprint density at radius 1 is 1.00 bits per heavy atom. The fourth-order valence-electron chi connectivity index (χ4n) is 2.23. The predicted molar refractivity (Wildman–Crippen MR) is 91.7 cm³/mol. The van der Waals surface area contributed by atoms with Crippen LogP contribution < -0.4 is 0 Å². The molecule has 0 saturated carbocycles. The minimum absolute atomic E-state index is 0.211. The Hall–Kier alpha value is -2.04. The van der Waals surface area contributed by atoms with Gasteiger partial charge >= 0.3 is 12.1 Å². The van der Waals surface area contributed by atoms with Crippen LogP contribution in [0.1, 0.15) is 58.1 Å². The quantitative estimate of drug-likeness (QED) is 0.519. The average Bonchev–Trinajstić information content (AvgIpc) is 2.53. The highest BCUT2D eigenvalue weighted by atomic mass is 16.8. The van der Waals surface area contributed by atoms with E-state index in [0.29, 0.717) is 12.3 Å². The van der Waals surface area contributed by atoms with Crippen molar-refractivity contribution < 1.29 is 23.8 Å². The van der Waals surface area contributed by atoms with Crippen molar-refractivity contribution in [1.82, 2.24) is 0 Å². The lowest BCUT2D eigenvalue weighted by Crippen LogP contribution is -2.26. The van der Waals surface area contributed by atoms with E-state index < -0.39 is 24.3 Å². The van der Waals surface area contributed by atoms with Gasteiger partial charge in [0.15, 0.2) is 0 Å². The Labute approximate surface area is 144 Å². The van der Waals surface area contributed by atoms with Crippen LogP contribution in [0, 0.1) is 5.92 Å². The Morgan fingerprint density at radius 3 is 2.12 bits per heavy atom. The van der Waals surface area contributed by atoms with Gasteiger partial charge in [-0.1, -0.05) is 45.0 Å². The highest BCUT2D eigenvalue weighted by Crippen LogP contribution is 2.20. The van der Waals surface area contributed by atoms with Gasteiger partial charge in [-0.2, -0.15) is 0 Å². The zero-order valence-electron chi connectivity index (χ0n) is 15.2. The molecule has 0 aliphatic heterocycles. The molecule has 24 heavy (non-hydrogen) atoms. The lowest BCUT2D eigenvalue weighted by Gasteiger charge is -2.19. The molecular weight excluding hydrogens is 308 g/mol. The summed E-state index contributed by atoms with van der Waals surface area (Å²) >= 11 is 0. The molecule has 0 amide bonds. The molecule has 0 aliphatic rings. The van der Waals surface area contributed by atoms with Gasteiger partial charge in [0.1, 0.15) is 0 Å². The SMILES string of the molecule is CCOC(=O)OC(CC)OC(=O)C(C)c1ccc(CC(C)C)cc1. The molecule has 0 radical (unpaired) electrons. The van der Waals surface area contributed by atoms with Crippen molar-refractivity contribution in [3.8, 4) is 0 Å². The molecule has 5 nitrogen and oxygen atoms in total. The van der Waals surface area contributed by atoms with E-state index in [1.54, 1.807) is 20.8 Å². The van der Waals surface area contributed by atoms with Crippen LogP contribution in [0.4, 0.5) is 4.79 Å². The zero-order chi connectivity index (χ0) is 18.1. The second-order valence-corrected chi connectivity index (χ2v) is 6.14. The second kappa shape index (κ2) is 9.96.